The molecule has 2 aromatic heterocycles. The van der Waals surface area contributed by atoms with Crippen LogP contribution in [0, 0.1) is 0 Å². The van der Waals surface area contributed by atoms with E-state index in [1.165, 1.54) is 18.2 Å². The van der Waals surface area contributed by atoms with Gasteiger partial charge in [-0.2, -0.15) is 0 Å². The van der Waals surface area contributed by atoms with Crippen LogP contribution in [-0.2, 0) is 16.1 Å². The van der Waals surface area contributed by atoms with E-state index in [9.17, 15) is 4.79 Å². The number of piperidine rings is 1. The van der Waals surface area contributed by atoms with Gasteiger partial charge in [-0.1, -0.05) is 11.8 Å². The Hall–Kier alpha value is -1.93. The van der Waals surface area contributed by atoms with Crippen LogP contribution in [0.1, 0.15) is 32.6 Å². The molecule has 1 fully saturated rings. The number of thioether (sulfide) groups is 1. The van der Waals surface area contributed by atoms with Crippen molar-refractivity contribution in [2.45, 2.75) is 50.4 Å². The van der Waals surface area contributed by atoms with Gasteiger partial charge in [-0.05, 0) is 44.7 Å². The van der Waals surface area contributed by atoms with Crippen LogP contribution in [0.2, 0.25) is 0 Å². The van der Waals surface area contributed by atoms with Crippen LogP contribution in [0.5, 0.6) is 0 Å². The molecule has 1 aliphatic rings. The van der Waals surface area contributed by atoms with Gasteiger partial charge in [0.15, 0.2) is 11.0 Å². The van der Waals surface area contributed by atoms with Gasteiger partial charge in [-0.15, -0.1) is 10.2 Å². The molecule has 1 atom stereocenters. The molecule has 0 aliphatic carbocycles. The lowest BCUT2D eigenvalue weighted by atomic mass is 10.0. The molecule has 0 aromatic carbocycles. The van der Waals surface area contributed by atoms with Crippen molar-refractivity contribution in [3.05, 3.63) is 24.5 Å². The zero-order valence-corrected chi connectivity index (χ0v) is 16.8. The summed E-state index contributed by atoms with van der Waals surface area (Å²) < 4.78 is 7.26. The molecule has 3 heterocycles. The number of nitrogens with zero attached hydrogens (tertiary/aromatic N) is 5. The Morgan fingerprint density at radius 3 is 2.85 bits per heavy atom. The van der Waals surface area contributed by atoms with Gasteiger partial charge in [-0.3, -0.25) is 9.78 Å². The molecule has 8 heteroatoms. The number of carbonyl (C=O) groups excluding carboxylic acids is 1. The highest BCUT2D eigenvalue weighted by Gasteiger charge is 2.24. The Kier molecular flexibility index (Phi) is 7.23. The van der Waals surface area contributed by atoms with E-state index in [-0.39, 0.29) is 5.91 Å². The summed E-state index contributed by atoms with van der Waals surface area (Å²) in [6.45, 7) is 4.41. The molecule has 0 saturated carbocycles. The number of carbonyl (C=O) groups is 1. The first-order valence-electron chi connectivity index (χ1n) is 9.45. The number of amides is 1. The zero-order valence-electron chi connectivity index (χ0n) is 16.0. The Balaban J connectivity index is 1.72. The summed E-state index contributed by atoms with van der Waals surface area (Å²) in [5.74, 6) is 1.38. The maximum absolute atomic E-state index is 12.6. The van der Waals surface area contributed by atoms with E-state index in [1.807, 2.05) is 17.0 Å². The first-order valence-corrected chi connectivity index (χ1v) is 10.4. The van der Waals surface area contributed by atoms with Crippen molar-refractivity contribution in [3.8, 4) is 11.4 Å². The van der Waals surface area contributed by atoms with Gasteiger partial charge in [0.2, 0.25) is 5.91 Å². The predicted octanol–water partition coefficient (Wildman–Crippen LogP) is 2.87. The number of aromatic nitrogens is 4. The van der Waals surface area contributed by atoms with Gasteiger partial charge < -0.3 is 14.2 Å². The van der Waals surface area contributed by atoms with Crippen molar-refractivity contribution < 1.29 is 9.53 Å². The SMILES string of the molecule is COCCCn1c(SCC(=O)N2CCCCC2C)nnc1-c1ccncc1. The number of ether oxygens (including phenoxy) is 1. The molecule has 1 unspecified atom stereocenters. The van der Waals surface area contributed by atoms with E-state index in [0.717, 1.165) is 48.9 Å². The minimum absolute atomic E-state index is 0.184. The van der Waals surface area contributed by atoms with Gasteiger partial charge >= 0.3 is 0 Å². The molecule has 27 heavy (non-hydrogen) atoms. The summed E-state index contributed by atoms with van der Waals surface area (Å²) in [6.07, 6.45) is 7.75. The maximum atomic E-state index is 12.6. The van der Waals surface area contributed by atoms with Gasteiger partial charge in [-0.25, -0.2) is 0 Å². The second-order valence-corrected chi connectivity index (χ2v) is 7.70. The van der Waals surface area contributed by atoms with Crippen molar-refractivity contribution in [1.29, 1.82) is 0 Å². The molecule has 1 saturated heterocycles. The largest absolute Gasteiger partial charge is 0.385 e. The summed E-state index contributed by atoms with van der Waals surface area (Å²) in [5.41, 5.74) is 0.970. The van der Waals surface area contributed by atoms with E-state index >= 15 is 0 Å². The number of rotatable bonds is 8. The van der Waals surface area contributed by atoms with Crippen LogP contribution in [0.3, 0.4) is 0 Å². The van der Waals surface area contributed by atoms with Crippen molar-refractivity contribution in [1.82, 2.24) is 24.6 Å². The third kappa shape index (κ3) is 5.07. The highest BCUT2D eigenvalue weighted by molar-refractivity contribution is 7.99. The van der Waals surface area contributed by atoms with Crippen LogP contribution in [0.25, 0.3) is 11.4 Å². The smallest absolute Gasteiger partial charge is 0.233 e. The fourth-order valence-electron chi connectivity index (χ4n) is 3.36. The van der Waals surface area contributed by atoms with E-state index in [0.29, 0.717) is 18.4 Å². The highest BCUT2D eigenvalue weighted by atomic mass is 32.2. The lowest BCUT2D eigenvalue weighted by molar-refractivity contribution is -0.131. The van der Waals surface area contributed by atoms with Crippen LogP contribution in [0.4, 0.5) is 0 Å². The monoisotopic (exact) mass is 389 g/mol. The fraction of sp³-hybridized carbons (Fsp3) is 0.579. The molecule has 0 N–H and O–H groups in total. The molecule has 1 amide bonds. The minimum atomic E-state index is 0.184. The Labute approximate surface area is 164 Å². The number of methoxy groups -OCH3 is 1. The number of likely N-dealkylation sites (tertiary alicyclic amines) is 1. The average Bonchev–Trinajstić information content (AvgIpc) is 3.10. The van der Waals surface area contributed by atoms with Crippen molar-refractivity contribution >= 4 is 17.7 Å². The van der Waals surface area contributed by atoms with Crippen LogP contribution in [0.15, 0.2) is 29.7 Å². The summed E-state index contributed by atoms with van der Waals surface area (Å²) in [7, 11) is 1.70. The first-order chi connectivity index (χ1) is 13.2. The second-order valence-electron chi connectivity index (χ2n) is 6.76. The van der Waals surface area contributed by atoms with E-state index in [2.05, 4.69) is 26.7 Å². The fourth-order valence-corrected chi connectivity index (χ4v) is 4.21. The third-order valence-electron chi connectivity index (χ3n) is 4.83. The number of hydrogen-bond acceptors (Lipinski definition) is 6. The van der Waals surface area contributed by atoms with Crippen molar-refractivity contribution in [2.75, 3.05) is 26.0 Å². The Morgan fingerprint density at radius 2 is 2.11 bits per heavy atom. The molecular formula is C19H27N5O2S. The molecule has 2 aromatic rings. The maximum Gasteiger partial charge on any atom is 0.233 e. The third-order valence-corrected chi connectivity index (χ3v) is 5.79. The number of pyridine rings is 1. The summed E-state index contributed by atoms with van der Waals surface area (Å²) in [5, 5.41) is 9.49. The second kappa shape index (κ2) is 9.85. The van der Waals surface area contributed by atoms with Gasteiger partial charge in [0.1, 0.15) is 0 Å². The topological polar surface area (TPSA) is 73.1 Å². The average molecular weight is 390 g/mol. The molecule has 146 valence electrons. The minimum Gasteiger partial charge on any atom is -0.385 e. The molecular weight excluding hydrogens is 362 g/mol. The molecule has 3 rings (SSSR count). The molecule has 0 radical (unpaired) electrons. The van der Waals surface area contributed by atoms with Gasteiger partial charge in [0.25, 0.3) is 0 Å². The quantitative estimate of drug-likeness (QED) is 0.511. The van der Waals surface area contributed by atoms with Gasteiger partial charge in [0.05, 0.1) is 5.75 Å². The van der Waals surface area contributed by atoms with Crippen molar-refractivity contribution in [3.63, 3.8) is 0 Å². The van der Waals surface area contributed by atoms with E-state index < -0.39 is 0 Å². The Morgan fingerprint density at radius 1 is 1.30 bits per heavy atom. The van der Waals surface area contributed by atoms with Crippen LogP contribution in [-0.4, -0.2) is 62.6 Å². The zero-order chi connectivity index (χ0) is 19.1. The molecule has 0 bridgehead atoms. The highest BCUT2D eigenvalue weighted by Crippen LogP contribution is 2.25. The summed E-state index contributed by atoms with van der Waals surface area (Å²) in [6, 6.07) is 4.18. The first kappa shape index (κ1) is 19.8. The molecule has 7 nitrogen and oxygen atoms in total. The summed E-state index contributed by atoms with van der Waals surface area (Å²) in [4.78, 5) is 18.7. The number of hydrogen-bond donors (Lipinski definition) is 0. The van der Waals surface area contributed by atoms with Crippen molar-refractivity contribution in [2.24, 2.45) is 0 Å². The lowest BCUT2D eigenvalue weighted by Gasteiger charge is -2.33. The van der Waals surface area contributed by atoms with Gasteiger partial charge in [0, 0.05) is 50.8 Å². The summed E-state index contributed by atoms with van der Waals surface area (Å²) >= 11 is 1.47. The normalized spacial score (nSPS) is 17.3. The lowest BCUT2D eigenvalue weighted by Crippen LogP contribution is -2.43. The predicted molar refractivity (Wildman–Crippen MR) is 105 cm³/mol. The standard InChI is InChI=1S/C19H27N5O2S/c1-15-6-3-4-11-23(15)17(25)14-27-19-22-21-18(16-7-9-20-10-8-16)24(19)12-5-13-26-2/h7-10,15H,3-6,11-14H2,1-2H3. The molecule has 1 aliphatic heterocycles. The van der Waals surface area contributed by atoms with E-state index in [4.69, 9.17) is 4.74 Å². The Bertz CT molecular complexity index is 737. The molecule has 0 spiro atoms. The van der Waals surface area contributed by atoms with Crippen LogP contribution >= 0.6 is 11.8 Å². The van der Waals surface area contributed by atoms with Crippen LogP contribution < -0.4 is 0 Å². The van der Waals surface area contributed by atoms with E-state index in [1.54, 1.807) is 19.5 Å².